The zero-order chi connectivity index (χ0) is 15.2. The van der Waals surface area contributed by atoms with E-state index >= 15 is 0 Å². The van der Waals surface area contributed by atoms with E-state index in [1.807, 2.05) is 26.0 Å². The van der Waals surface area contributed by atoms with Crippen LogP contribution in [0.2, 0.25) is 5.02 Å². The molecule has 0 radical (unpaired) electrons. The molecule has 1 atom stereocenters. The number of nitrogens with zero attached hydrogens (tertiary/aromatic N) is 1. The average Bonchev–Trinajstić information content (AvgIpc) is 2.95. The Hall–Kier alpha value is -1.56. The summed E-state index contributed by atoms with van der Waals surface area (Å²) in [4.78, 5) is 12.0. The van der Waals surface area contributed by atoms with E-state index in [4.69, 9.17) is 16.1 Å². The minimum atomic E-state index is -0.277. The molecule has 0 unspecified atom stereocenters. The van der Waals surface area contributed by atoms with Crippen LogP contribution < -0.4 is 10.6 Å². The molecule has 22 heavy (non-hydrogen) atoms. The van der Waals surface area contributed by atoms with Gasteiger partial charge >= 0.3 is 0 Å². The van der Waals surface area contributed by atoms with Gasteiger partial charge in [-0.3, -0.25) is 4.79 Å². The van der Waals surface area contributed by atoms with Crippen molar-refractivity contribution in [3.05, 3.63) is 41.1 Å². The predicted molar refractivity (Wildman–Crippen MR) is 89.7 cm³/mol. The molecule has 0 saturated heterocycles. The van der Waals surface area contributed by atoms with Crippen molar-refractivity contribution >= 4 is 29.9 Å². The number of hydrogen-bond acceptors (Lipinski definition) is 4. The molecule has 2 N–H and O–H groups in total. The SMILES string of the molecule is CCN[C@H](C)CNC(=O)c1cc(-c2cccc(Cl)c2)no1.Cl. The number of rotatable bonds is 6. The van der Waals surface area contributed by atoms with Crippen LogP contribution in [-0.4, -0.2) is 30.2 Å². The summed E-state index contributed by atoms with van der Waals surface area (Å²) in [5.41, 5.74) is 1.40. The van der Waals surface area contributed by atoms with Gasteiger partial charge in [-0.05, 0) is 25.6 Å². The van der Waals surface area contributed by atoms with Gasteiger partial charge in [-0.15, -0.1) is 12.4 Å². The van der Waals surface area contributed by atoms with Crippen LogP contribution in [0.3, 0.4) is 0 Å². The predicted octanol–water partition coefficient (Wildman–Crippen LogP) is 3.14. The molecule has 0 aliphatic rings. The molecule has 1 aromatic heterocycles. The second-order valence-corrected chi connectivity index (χ2v) is 5.19. The topological polar surface area (TPSA) is 67.2 Å². The molecule has 0 aliphatic heterocycles. The van der Waals surface area contributed by atoms with E-state index in [0.29, 0.717) is 17.3 Å². The Morgan fingerprint density at radius 3 is 2.86 bits per heavy atom. The van der Waals surface area contributed by atoms with Crippen LogP contribution in [0, 0.1) is 0 Å². The minimum Gasteiger partial charge on any atom is -0.350 e. The fraction of sp³-hybridized carbons (Fsp3) is 0.333. The summed E-state index contributed by atoms with van der Waals surface area (Å²) in [6.45, 7) is 5.41. The van der Waals surface area contributed by atoms with Crippen LogP contribution in [0.4, 0.5) is 0 Å². The van der Waals surface area contributed by atoms with Gasteiger partial charge in [0.2, 0.25) is 5.76 Å². The van der Waals surface area contributed by atoms with Crippen LogP contribution in [0.5, 0.6) is 0 Å². The first-order valence-corrected chi connectivity index (χ1v) is 7.22. The molecular weight excluding hydrogens is 325 g/mol. The van der Waals surface area contributed by atoms with E-state index in [9.17, 15) is 4.79 Å². The Kier molecular flexibility index (Phi) is 7.38. The summed E-state index contributed by atoms with van der Waals surface area (Å²) in [7, 11) is 0. The molecule has 2 rings (SSSR count). The number of benzene rings is 1. The number of nitrogens with one attached hydrogen (secondary N) is 2. The first kappa shape index (κ1) is 18.5. The van der Waals surface area contributed by atoms with Crippen LogP contribution in [0.15, 0.2) is 34.9 Å². The molecule has 0 saturated carbocycles. The molecule has 120 valence electrons. The number of carbonyl (C=O) groups excluding carboxylic acids is 1. The van der Waals surface area contributed by atoms with Gasteiger partial charge in [-0.25, -0.2) is 0 Å². The maximum Gasteiger partial charge on any atom is 0.289 e. The smallest absolute Gasteiger partial charge is 0.289 e. The highest BCUT2D eigenvalue weighted by Crippen LogP contribution is 2.22. The van der Waals surface area contributed by atoms with Crippen LogP contribution in [0.1, 0.15) is 24.4 Å². The fourth-order valence-corrected chi connectivity index (χ4v) is 2.11. The quantitative estimate of drug-likeness (QED) is 0.845. The molecule has 0 fully saturated rings. The van der Waals surface area contributed by atoms with Crippen molar-refractivity contribution in [2.45, 2.75) is 19.9 Å². The molecular formula is C15H19Cl2N3O2. The summed E-state index contributed by atoms with van der Waals surface area (Å²) < 4.78 is 5.09. The van der Waals surface area contributed by atoms with Crippen LogP contribution in [-0.2, 0) is 0 Å². The zero-order valence-electron chi connectivity index (χ0n) is 12.4. The lowest BCUT2D eigenvalue weighted by Crippen LogP contribution is -2.38. The second kappa shape index (κ2) is 8.78. The van der Waals surface area contributed by atoms with Crippen LogP contribution >= 0.6 is 24.0 Å². The van der Waals surface area contributed by atoms with Gasteiger partial charge in [0.1, 0.15) is 5.69 Å². The lowest BCUT2D eigenvalue weighted by atomic mass is 10.1. The molecule has 1 aromatic carbocycles. The van der Waals surface area contributed by atoms with Gasteiger partial charge in [-0.1, -0.05) is 35.8 Å². The van der Waals surface area contributed by atoms with Crippen molar-refractivity contribution in [1.82, 2.24) is 15.8 Å². The maximum atomic E-state index is 12.0. The van der Waals surface area contributed by atoms with Gasteiger partial charge in [0, 0.05) is 29.2 Å². The van der Waals surface area contributed by atoms with E-state index in [-0.39, 0.29) is 30.1 Å². The maximum absolute atomic E-state index is 12.0. The number of likely N-dealkylation sites (N-methyl/N-ethyl adjacent to an activating group) is 1. The van der Waals surface area contributed by atoms with E-state index in [0.717, 1.165) is 12.1 Å². The Morgan fingerprint density at radius 1 is 1.41 bits per heavy atom. The van der Waals surface area contributed by atoms with Crippen molar-refractivity contribution in [2.75, 3.05) is 13.1 Å². The van der Waals surface area contributed by atoms with Crippen molar-refractivity contribution in [3.8, 4) is 11.3 Å². The van der Waals surface area contributed by atoms with Crippen molar-refractivity contribution in [1.29, 1.82) is 0 Å². The number of halogens is 2. The van der Waals surface area contributed by atoms with Gasteiger partial charge < -0.3 is 15.2 Å². The van der Waals surface area contributed by atoms with Gasteiger partial charge in [0.15, 0.2) is 0 Å². The Morgan fingerprint density at radius 2 is 2.18 bits per heavy atom. The molecule has 5 nitrogen and oxygen atoms in total. The monoisotopic (exact) mass is 343 g/mol. The van der Waals surface area contributed by atoms with Crippen molar-refractivity contribution in [3.63, 3.8) is 0 Å². The molecule has 0 spiro atoms. The summed E-state index contributed by atoms with van der Waals surface area (Å²) in [6, 6.07) is 9.05. The number of carbonyl (C=O) groups is 1. The Bertz CT molecular complexity index is 616. The minimum absolute atomic E-state index is 0. The zero-order valence-corrected chi connectivity index (χ0v) is 14.0. The number of hydrogen-bond donors (Lipinski definition) is 2. The number of aromatic nitrogens is 1. The van der Waals surface area contributed by atoms with Gasteiger partial charge in [0.05, 0.1) is 0 Å². The standard InChI is InChI=1S/C15H18ClN3O2.ClH/c1-3-17-10(2)9-18-15(20)14-8-13(19-21-14)11-5-4-6-12(16)7-11;/h4-8,10,17H,3,9H2,1-2H3,(H,18,20);1H/t10-;/m1./s1. The van der Waals surface area contributed by atoms with E-state index in [1.54, 1.807) is 18.2 Å². The number of amides is 1. The normalized spacial score (nSPS) is 11.6. The average molecular weight is 344 g/mol. The third kappa shape index (κ3) is 5.02. The molecule has 0 bridgehead atoms. The summed E-state index contributed by atoms with van der Waals surface area (Å²) in [5.74, 6) is -0.0887. The largest absolute Gasteiger partial charge is 0.350 e. The van der Waals surface area contributed by atoms with Crippen molar-refractivity contribution < 1.29 is 9.32 Å². The van der Waals surface area contributed by atoms with Crippen LogP contribution in [0.25, 0.3) is 11.3 Å². The van der Waals surface area contributed by atoms with E-state index in [2.05, 4.69) is 15.8 Å². The lowest BCUT2D eigenvalue weighted by molar-refractivity contribution is 0.0913. The summed E-state index contributed by atoms with van der Waals surface area (Å²) in [5, 5.41) is 10.5. The highest BCUT2D eigenvalue weighted by molar-refractivity contribution is 6.30. The Balaban J connectivity index is 0.00000242. The summed E-state index contributed by atoms with van der Waals surface area (Å²) in [6.07, 6.45) is 0. The fourth-order valence-electron chi connectivity index (χ4n) is 1.92. The molecule has 1 amide bonds. The second-order valence-electron chi connectivity index (χ2n) is 4.76. The highest BCUT2D eigenvalue weighted by atomic mass is 35.5. The Labute approximate surface area is 140 Å². The third-order valence-corrected chi connectivity index (χ3v) is 3.21. The molecule has 7 heteroatoms. The molecule has 0 aliphatic carbocycles. The first-order valence-electron chi connectivity index (χ1n) is 6.84. The third-order valence-electron chi connectivity index (χ3n) is 2.98. The molecule has 1 heterocycles. The summed E-state index contributed by atoms with van der Waals surface area (Å²) >= 11 is 5.93. The van der Waals surface area contributed by atoms with Gasteiger partial charge in [0.25, 0.3) is 5.91 Å². The van der Waals surface area contributed by atoms with E-state index < -0.39 is 0 Å². The molecule has 2 aromatic rings. The van der Waals surface area contributed by atoms with E-state index in [1.165, 1.54) is 0 Å². The highest BCUT2D eigenvalue weighted by Gasteiger charge is 2.14. The van der Waals surface area contributed by atoms with Gasteiger partial charge in [-0.2, -0.15) is 0 Å². The van der Waals surface area contributed by atoms with Crippen molar-refractivity contribution in [2.24, 2.45) is 0 Å². The lowest BCUT2D eigenvalue weighted by Gasteiger charge is -2.11. The first-order chi connectivity index (χ1) is 10.1.